The molecule has 19 heavy (non-hydrogen) atoms. The largest absolute Gasteiger partial charge is 0.451 e. The molecule has 1 saturated heterocycles. The Bertz CT molecular complexity index is 603. The van der Waals surface area contributed by atoms with Crippen LogP contribution in [0, 0.1) is 0 Å². The van der Waals surface area contributed by atoms with Gasteiger partial charge in [0.15, 0.2) is 5.76 Å². The molecule has 5 heteroatoms. The van der Waals surface area contributed by atoms with Crippen LogP contribution in [0.15, 0.2) is 28.7 Å². The number of rotatable bonds is 3. The number of benzene rings is 1. The fourth-order valence-electron chi connectivity index (χ4n) is 2.27. The second kappa shape index (κ2) is 5.17. The zero-order valence-electron chi connectivity index (χ0n) is 10.5. The summed E-state index contributed by atoms with van der Waals surface area (Å²) in [5.74, 6) is 1.40. The van der Waals surface area contributed by atoms with Gasteiger partial charge in [-0.1, -0.05) is 0 Å². The molecule has 1 unspecified atom stereocenters. The quantitative estimate of drug-likeness (QED) is 0.846. The van der Waals surface area contributed by atoms with Crippen molar-refractivity contribution in [1.29, 1.82) is 0 Å². The van der Waals surface area contributed by atoms with Gasteiger partial charge in [0.1, 0.15) is 5.58 Å². The van der Waals surface area contributed by atoms with Crippen LogP contribution in [-0.2, 0) is 0 Å². The Hall–Kier alpha value is -1.62. The van der Waals surface area contributed by atoms with Crippen molar-refractivity contribution >= 4 is 34.3 Å². The van der Waals surface area contributed by atoms with E-state index in [1.165, 1.54) is 18.6 Å². The fourth-order valence-corrected chi connectivity index (χ4v) is 3.47. The van der Waals surface area contributed by atoms with Crippen LogP contribution in [0.1, 0.15) is 23.4 Å². The number of carbonyl (C=O) groups excluding carboxylic acids is 1. The maximum atomic E-state index is 12.0. The van der Waals surface area contributed by atoms with Crippen molar-refractivity contribution in [3.63, 3.8) is 0 Å². The first-order valence-corrected chi connectivity index (χ1v) is 7.46. The van der Waals surface area contributed by atoms with E-state index >= 15 is 0 Å². The Morgan fingerprint density at radius 3 is 3.16 bits per heavy atom. The second-order valence-electron chi connectivity index (χ2n) is 4.75. The number of amides is 1. The first-order chi connectivity index (χ1) is 9.22. The lowest BCUT2D eigenvalue weighted by Gasteiger charge is -2.08. The molecule has 2 aromatic rings. The van der Waals surface area contributed by atoms with Gasteiger partial charge in [0.2, 0.25) is 0 Å². The van der Waals surface area contributed by atoms with Crippen molar-refractivity contribution in [3.05, 3.63) is 30.0 Å². The molecular formula is C14H16N2O2S. The van der Waals surface area contributed by atoms with Crippen LogP contribution < -0.4 is 11.1 Å². The first kappa shape index (κ1) is 12.4. The number of thioether (sulfide) groups is 1. The topological polar surface area (TPSA) is 68.3 Å². The van der Waals surface area contributed by atoms with Crippen LogP contribution in [0.2, 0.25) is 0 Å². The smallest absolute Gasteiger partial charge is 0.287 e. The van der Waals surface area contributed by atoms with Crippen LogP contribution in [0.25, 0.3) is 11.0 Å². The number of hydrogen-bond acceptors (Lipinski definition) is 4. The second-order valence-corrected chi connectivity index (χ2v) is 6.16. The van der Waals surface area contributed by atoms with Gasteiger partial charge in [-0.25, -0.2) is 0 Å². The zero-order valence-corrected chi connectivity index (χ0v) is 11.3. The minimum absolute atomic E-state index is 0.151. The standard InChI is InChI=1S/C14H16N2O2S/c15-10-3-4-12-9(6-10)7-13(18-12)14(17)16-8-11-2-1-5-19-11/h3-4,6-7,11H,1-2,5,8,15H2,(H,16,17). The molecule has 1 aliphatic rings. The Balaban J connectivity index is 1.70. The third-order valence-corrected chi connectivity index (χ3v) is 4.68. The normalized spacial score (nSPS) is 18.8. The molecule has 4 nitrogen and oxygen atoms in total. The molecule has 3 N–H and O–H groups in total. The Morgan fingerprint density at radius 1 is 1.47 bits per heavy atom. The summed E-state index contributed by atoms with van der Waals surface area (Å²) >= 11 is 1.92. The summed E-state index contributed by atoms with van der Waals surface area (Å²) in [6.45, 7) is 0.711. The predicted octanol–water partition coefficient (Wildman–Crippen LogP) is 2.64. The predicted molar refractivity (Wildman–Crippen MR) is 78.4 cm³/mol. The molecule has 0 radical (unpaired) electrons. The molecule has 0 aliphatic carbocycles. The van der Waals surface area contributed by atoms with Crippen LogP contribution >= 0.6 is 11.8 Å². The molecule has 1 aromatic carbocycles. The molecule has 100 valence electrons. The van der Waals surface area contributed by atoms with Gasteiger partial charge in [0.05, 0.1) is 0 Å². The molecule has 0 saturated carbocycles. The highest BCUT2D eigenvalue weighted by atomic mass is 32.2. The Labute approximate surface area is 115 Å². The van der Waals surface area contributed by atoms with E-state index in [0.717, 1.165) is 5.39 Å². The van der Waals surface area contributed by atoms with Gasteiger partial charge in [0.25, 0.3) is 5.91 Å². The number of fused-ring (bicyclic) bond motifs is 1. The summed E-state index contributed by atoms with van der Waals surface area (Å²) in [6, 6.07) is 7.10. The highest BCUT2D eigenvalue weighted by Gasteiger charge is 2.18. The summed E-state index contributed by atoms with van der Waals surface area (Å²) in [5.41, 5.74) is 7.06. The molecule has 1 aromatic heterocycles. The van der Waals surface area contributed by atoms with E-state index in [1.807, 2.05) is 17.8 Å². The third kappa shape index (κ3) is 2.71. The summed E-state index contributed by atoms with van der Waals surface area (Å²) < 4.78 is 5.53. The van der Waals surface area contributed by atoms with Crippen molar-refractivity contribution < 1.29 is 9.21 Å². The number of anilines is 1. The van der Waals surface area contributed by atoms with E-state index in [0.29, 0.717) is 28.8 Å². The number of hydrogen-bond donors (Lipinski definition) is 2. The van der Waals surface area contributed by atoms with Crippen molar-refractivity contribution in [2.75, 3.05) is 18.0 Å². The average molecular weight is 276 g/mol. The summed E-state index contributed by atoms with van der Waals surface area (Å²) in [4.78, 5) is 12.0. The van der Waals surface area contributed by atoms with E-state index in [2.05, 4.69) is 5.32 Å². The van der Waals surface area contributed by atoms with Gasteiger partial charge in [-0.05, 0) is 42.9 Å². The highest BCUT2D eigenvalue weighted by molar-refractivity contribution is 8.00. The van der Waals surface area contributed by atoms with E-state index in [4.69, 9.17) is 10.2 Å². The summed E-state index contributed by atoms with van der Waals surface area (Å²) in [7, 11) is 0. The van der Waals surface area contributed by atoms with E-state index in [1.54, 1.807) is 18.2 Å². The van der Waals surface area contributed by atoms with Crippen LogP contribution in [-0.4, -0.2) is 23.5 Å². The fraction of sp³-hybridized carbons (Fsp3) is 0.357. The monoisotopic (exact) mass is 276 g/mol. The van der Waals surface area contributed by atoms with Crippen molar-refractivity contribution in [2.45, 2.75) is 18.1 Å². The van der Waals surface area contributed by atoms with E-state index in [9.17, 15) is 4.79 Å². The Kier molecular flexibility index (Phi) is 3.38. The molecular weight excluding hydrogens is 260 g/mol. The number of carbonyl (C=O) groups is 1. The number of nitrogens with one attached hydrogen (secondary N) is 1. The van der Waals surface area contributed by atoms with Crippen molar-refractivity contribution in [1.82, 2.24) is 5.32 Å². The van der Waals surface area contributed by atoms with Gasteiger partial charge >= 0.3 is 0 Å². The lowest BCUT2D eigenvalue weighted by molar-refractivity contribution is 0.0928. The summed E-state index contributed by atoms with van der Waals surface area (Å²) in [6.07, 6.45) is 2.43. The van der Waals surface area contributed by atoms with Gasteiger partial charge in [-0.3, -0.25) is 4.79 Å². The van der Waals surface area contributed by atoms with Crippen molar-refractivity contribution in [3.8, 4) is 0 Å². The minimum Gasteiger partial charge on any atom is -0.451 e. The zero-order chi connectivity index (χ0) is 13.2. The van der Waals surface area contributed by atoms with Crippen LogP contribution in [0.5, 0.6) is 0 Å². The molecule has 0 bridgehead atoms. The molecule has 1 aliphatic heterocycles. The van der Waals surface area contributed by atoms with Crippen LogP contribution in [0.4, 0.5) is 5.69 Å². The lowest BCUT2D eigenvalue weighted by Crippen LogP contribution is -2.29. The maximum absolute atomic E-state index is 12.0. The SMILES string of the molecule is Nc1ccc2oc(C(=O)NCC3CCCS3)cc2c1. The molecule has 1 amide bonds. The van der Waals surface area contributed by atoms with E-state index in [-0.39, 0.29) is 5.91 Å². The Morgan fingerprint density at radius 2 is 2.37 bits per heavy atom. The third-order valence-electron chi connectivity index (χ3n) is 3.28. The lowest BCUT2D eigenvalue weighted by atomic mass is 10.2. The molecule has 3 rings (SSSR count). The molecule has 2 heterocycles. The number of nitrogens with two attached hydrogens (primary N) is 1. The van der Waals surface area contributed by atoms with Crippen molar-refractivity contribution in [2.24, 2.45) is 0 Å². The molecule has 1 atom stereocenters. The highest BCUT2D eigenvalue weighted by Crippen LogP contribution is 2.25. The first-order valence-electron chi connectivity index (χ1n) is 6.41. The maximum Gasteiger partial charge on any atom is 0.287 e. The van der Waals surface area contributed by atoms with E-state index < -0.39 is 0 Å². The summed E-state index contributed by atoms with van der Waals surface area (Å²) in [5, 5.41) is 4.34. The van der Waals surface area contributed by atoms with Gasteiger partial charge in [-0.2, -0.15) is 11.8 Å². The van der Waals surface area contributed by atoms with Gasteiger partial charge in [-0.15, -0.1) is 0 Å². The molecule has 1 fully saturated rings. The minimum atomic E-state index is -0.151. The van der Waals surface area contributed by atoms with Gasteiger partial charge in [0, 0.05) is 22.9 Å². The van der Waals surface area contributed by atoms with Gasteiger partial charge < -0.3 is 15.5 Å². The van der Waals surface area contributed by atoms with Crippen LogP contribution in [0.3, 0.4) is 0 Å². The average Bonchev–Trinajstić information content (AvgIpc) is 3.04. The number of furan rings is 1. The molecule has 0 spiro atoms. The number of nitrogen functional groups attached to an aromatic ring is 1.